The summed E-state index contributed by atoms with van der Waals surface area (Å²) in [6.45, 7) is 0. The first kappa shape index (κ1) is 11.7. The summed E-state index contributed by atoms with van der Waals surface area (Å²) in [6, 6.07) is 1.83. The van der Waals surface area contributed by atoms with Gasteiger partial charge in [0.05, 0.1) is 5.69 Å². The fourth-order valence-electron chi connectivity index (χ4n) is 1.11. The van der Waals surface area contributed by atoms with E-state index in [1.807, 2.05) is 0 Å². The van der Waals surface area contributed by atoms with E-state index in [1.165, 1.54) is 0 Å². The van der Waals surface area contributed by atoms with E-state index in [2.05, 4.69) is 0 Å². The normalized spacial score (nSPS) is 11.8. The van der Waals surface area contributed by atoms with Gasteiger partial charge in [-0.15, -0.1) is 0 Å². The summed E-state index contributed by atoms with van der Waals surface area (Å²) >= 11 is 0. The molecule has 0 fully saturated rings. The second-order valence-electron chi connectivity index (χ2n) is 3.04. The molecule has 15 heavy (non-hydrogen) atoms. The minimum atomic E-state index is -4.44. The molecule has 0 aromatic heterocycles. The zero-order chi connectivity index (χ0) is 11.6. The molecule has 0 saturated carbocycles. The summed E-state index contributed by atoms with van der Waals surface area (Å²) in [5.41, 5.74) is 4.13. The van der Waals surface area contributed by atoms with Crippen LogP contribution in [0.3, 0.4) is 0 Å². The van der Waals surface area contributed by atoms with Crippen molar-refractivity contribution < 1.29 is 22.0 Å². The molecule has 0 spiro atoms. The molecule has 0 aliphatic rings. The number of nitrogens with two attached hydrogens (primary N) is 1. The molecule has 0 aliphatic heterocycles. The van der Waals surface area contributed by atoms with E-state index in [-0.39, 0.29) is 5.69 Å². The number of hydrogen-bond donors (Lipinski definition) is 1. The Bertz CT molecular complexity index is 358. The summed E-state index contributed by atoms with van der Waals surface area (Å²) < 4.78 is 61.5. The van der Waals surface area contributed by atoms with Crippen LogP contribution >= 0.6 is 0 Å². The average Bonchev–Trinajstić information content (AvgIpc) is 2.10. The van der Waals surface area contributed by atoms with Crippen LogP contribution in [0.15, 0.2) is 12.1 Å². The SMILES string of the molecule is Nc1ccc(F)c(CCC(F)(F)F)c1F. The van der Waals surface area contributed by atoms with Gasteiger partial charge in [0.25, 0.3) is 0 Å². The minimum absolute atomic E-state index is 0.353. The molecule has 0 saturated heterocycles. The highest BCUT2D eigenvalue weighted by molar-refractivity contribution is 5.43. The van der Waals surface area contributed by atoms with Crippen LogP contribution < -0.4 is 5.73 Å². The summed E-state index contributed by atoms with van der Waals surface area (Å²) in [6.07, 6.45) is -6.46. The van der Waals surface area contributed by atoms with E-state index < -0.39 is 36.2 Å². The van der Waals surface area contributed by atoms with E-state index in [0.717, 1.165) is 12.1 Å². The maximum atomic E-state index is 13.1. The van der Waals surface area contributed by atoms with Gasteiger partial charge in [-0.05, 0) is 18.6 Å². The molecule has 0 amide bonds. The van der Waals surface area contributed by atoms with Crippen molar-refractivity contribution in [3.63, 3.8) is 0 Å². The molecule has 6 heteroatoms. The average molecular weight is 225 g/mol. The van der Waals surface area contributed by atoms with Gasteiger partial charge in [-0.25, -0.2) is 8.78 Å². The summed E-state index contributed by atoms with van der Waals surface area (Å²) in [5, 5.41) is 0. The van der Waals surface area contributed by atoms with Gasteiger partial charge in [0.15, 0.2) is 5.82 Å². The fourth-order valence-corrected chi connectivity index (χ4v) is 1.11. The van der Waals surface area contributed by atoms with Crippen LogP contribution in [0.2, 0.25) is 0 Å². The van der Waals surface area contributed by atoms with Crippen LogP contribution in [-0.4, -0.2) is 6.18 Å². The number of benzene rings is 1. The lowest BCUT2D eigenvalue weighted by molar-refractivity contribution is -0.134. The molecule has 0 atom stereocenters. The lowest BCUT2D eigenvalue weighted by Gasteiger charge is -2.09. The predicted octanol–water partition coefficient (Wildman–Crippen LogP) is 3.04. The number of rotatable bonds is 2. The second kappa shape index (κ2) is 4.04. The van der Waals surface area contributed by atoms with Crippen LogP contribution in [0, 0.1) is 11.6 Å². The third-order valence-corrected chi connectivity index (χ3v) is 1.87. The Labute approximate surface area is 82.7 Å². The van der Waals surface area contributed by atoms with Crippen LogP contribution in [0.25, 0.3) is 0 Å². The zero-order valence-electron chi connectivity index (χ0n) is 7.54. The van der Waals surface area contributed by atoms with Crippen LogP contribution in [0.1, 0.15) is 12.0 Å². The quantitative estimate of drug-likeness (QED) is 0.607. The number of hydrogen-bond acceptors (Lipinski definition) is 1. The third kappa shape index (κ3) is 3.07. The molecule has 0 unspecified atom stereocenters. The fraction of sp³-hybridized carbons (Fsp3) is 0.333. The molecule has 2 N–H and O–H groups in total. The van der Waals surface area contributed by atoms with E-state index in [9.17, 15) is 22.0 Å². The van der Waals surface area contributed by atoms with E-state index >= 15 is 0 Å². The lowest BCUT2D eigenvalue weighted by Crippen LogP contribution is -2.11. The predicted molar refractivity (Wildman–Crippen MR) is 45.1 cm³/mol. The monoisotopic (exact) mass is 225 g/mol. The molecule has 1 rings (SSSR count). The van der Waals surface area contributed by atoms with E-state index in [0.29, 0.717) is 0 Å². The molecule has 1 aromatic rings. The smallest absolute Gasteiger partial charge is 0.389 e. The van der Waals surface area contributed by atoms with Gasteiger partial charge in [0, 0.05) is 12.0 Å². The van der Waals surface area contributed by atoms with Crippen molar-refractivity contribution in [1.29, 1.82) is 0 Å². The summed E-state index contributed by atoms with van der Waals surface area (Å²) in [7, 11) is 0. The topological polar surface area (TPSA) is 26.0 Å². The molecule has 84 valence electrons. The Morgan fingerprint density at radius 3 is 2.27 bits per heavy atom. The number of alkyl halides is 3. The first-order chi connectivity index (χ1) is 6.81. The van der Waals surface area contributed by atoms with Gasteiger partial charge in [-0.3, -0.25) is 0 Å². The Balaban J connectivity index is 2.90. The minimum Gasteiger partial charge on any atom is -0.396 e. The molecular weight excluding hydrogens is 217 g/mol. The van der Waals surface area contributed by atoms with Crippen molar-refractivity contribution in [3.8, 4) is 0 Å². The number of halogens is 5. The molecule has 0 heterocycles. The Morgan fingerprint density at radius 1 is 1.13 bits per heavy atom. The molecule has 1 aromatic carbocycles. The molecule has 0 radical (unpaired) electrons. The van der Waals surface area contributed by atoms with Gasteiger partial charge in [-0.2, -0.15) is 13.2 Å². The van der Waals surface area contributed by atoms with Gasteiger partial charge in [0.1, 0.15) is 5.82 Å². The van der Waals surface area contributed by atoms with Crippen LogP contribution in [-0.2, 0) is 6.42 Å². The third-order valence-electron chi connectivity index (χ3n) is 1.87. The highest BCUT2D eigenvalue weighted by Gasteiger charge is 2.28. The van der Waals surface area contributed by atoms with Crippen molar-refractivity contribution in [2.24, 2.45) is 0 Å². The largest absolute Gasteiger partial charge is 0.396 e. The Kier molecular flexibility index (Phi) is 3.16. The Hall–Kier alpha value is -1.33. The molecular formula is C9H8F5N. The van der Waals surface area contributed by atoms with Crippen molar-refractivity contribution in [2.75, 3.05) is 5.73 Å². The number of anilines is 1. The molecule has 0 bridgehead atoms. The highest BCUT2D eigenvalue weighted by Crippen LogP contribution is 2.26. The summed E-state index contributed by atoms with van der Waals surface area (Å²) in [5.74, 6) is -2.12. The zero-order valence-corrected chi connectivity index (χ0v) is 7.54. The maximum Gasteiger partial charge on any atom is 0.389 e. The standard InChI is InChI=1S/C9H8F5N/c10-6-1-2-7(15)8(11)5(6)3-4-9(12,13)14/h1-2H,3-4,15H2. The van der Waals surface area contributed by atoms with E-state index in [4.69, 9.17) is 5.73 Å². The first-order valence-corrected chi connectivity index (χ1v) is 4.10. The lowest BCUT2D eigenvalue weighted by atomic mass is 10.1. The van der Waals surface area contributed by atoms with Gasteiger partial charge >= 0.3 is 6.18 Å². The van der Waals surface area contributed by atoms with Crippen LogP contribution in [0.4, 0.5) is 27.6 Å². The maximum absolute atomic E-state index is 13.1. The molecule has 1 nitrogen and oxygen atoms in total. The van der Waals surface area contributed by atoms with E-state index in [1.54, 1.807) is 0 Å². The first-order valence-electron chi connectivity index (χ1n) is 4.10. The number of nitrogen functional groups attached to an aromatic ring is 1. The summed E-state index contributed by atoms with van der Waals surface area (Å²) in [4.78, 5) is 0. The van der Waals surface area contributed by atoms with Gasteiger partial charge in [-0.1, -0.05) is 0 Å². The van der Waals surface area contributed by atoms with Crippen LogP contribution in [0.5, 0.6) is 0 Å². The molecule has 0 aliphatic carbocycles. The van der Waals surface area contributed by atoms with Gasteiger partial charge < -0.3 is 5.73 Å². The van der Waals surface area contributed by atoms with Crippen molar-refractivity contribution >= 4 is 5.69 Å². The van der Waals surface area contributed by atoms with Gasteiger partial charge in [0.2, 0.25) is 0 Å². The van der Waals surface area contributed by atoms with Crippen molar-refractivity contribution in [1.82, 2.24) is 0 Å². The van der Waals surface area contributed by atoms with Crippen molar-refractivity contribution in [2.45, 2.75) is 19.0 Å². The highest BCUT2D eigenvalue weighted by atomic mass is 19.4. The second-order valence-corrected chi connectivity index (χ2v) is 3.04. The Morgan fingerprint density at radius 2 is 1.73 bits per heavy atom. The van der Waals surface area contributed by atoms with Crippen molar-refractivity contribution in [3.05, 3.63) is 29.3 Å².